The van der Waals surface area contributed by atoms with Crippen molar-refractivity contribution < 1.29 is 14.5 Å². The second-order valence-electron chi connectivity index (χ2n) is 4.38. The van der Waals surface area contributed by atoms with E-state index in [0.29, 0.717) is 23.2 Å². The van der Waals surface area contributed by atoms with Gasteiger partial charge in [-0.1, -0.05) is 11.6 Å². The summed E-state index contributed by atoms with van der Waals surface area (Å²) in [4.78, 5) is 21.5. The number of aldehydes is 1. The average Bonchev–Trinajstić information content (AvgIpc) is 2.56. The molecule has 2 aromatic carbocycles. The molecule has 0 fully saturated rings. The first-order valence-corrected chi connectivity index (χ1v) is 6.69. The van der Waals surface area contributed by atoms with Crippen molar-refractivity contribution in [2.45, 2.75) is 0 Å². The second kappa shape index (κ2) is 6.87. The van der Waals surface area contributed by atoms with Crippen LogP contribution in [0.4, 0.5) is 5.69 Å². The Kier molecular flexibility index (Phi) is 4.91. The van der Waals surface area contributed by atoms with Crippen LogP contribution in [-0.2, 0) is 4.79 Å². The molecule has 0 spiro atoms. The largest absolute Gasteiger partial charge is 0.497 e. The molecule has 0 aliphatic rings. The van der Waals surface area contributed by atoms with Crippen LogP contribution in [0.3, 0.4) is 0 Å². The van der Waals surface area contributed by atoms with Gasteiger partial charge in [-0.05, 0) is 47.5 Å². The quantitative estimate of drug-likeness (QED) is 0.275. The molecule has 0 saturated heterocycles. The predicted molar refractivity (Wildman–Crippen MR) is 84.8 cm³/mol. The Labute approximate surface area is 131 Å². The van der Waals surface area contributed by atoms with Gasteiger partial charge in [0.1, 0.15) is 5.75 Å². The number of non-ortho nitro benzene ring substituents is 1. The Bertz CT molecular complexity index is 721. The molecule has 0 atom stereocenters. The molecule has 0 heterocycles. The molecule has 0 aliphatic heterocycles. The summed E-state index contributed by atoms with van der Waals surface area (Å²) in [6.45, 7) is 0. The van der Waals surface area contributed by atoms with E-state index in [9.17, 15) is 14.9 Å². The maximum atomic E-state index is 11.4. The van der Waals surface area contributed by atoms with Crippen molar-refractivity contribution in [1.29, 1.82) is 0 Å². The minimum absolute atomic E-state index is 0.0467. The molecule has 0 saturated carbocycles. The van der Waals surface area contributed by atoms with Crippen LogP contribution in [0.25, 0.3) is 10.6 Å². The van der Waals surface area contributed by atoms with Gasteiger partial charge in [-0.2, -0.15) is 0 Å². The summed E-state index contributed by atoms with van der Waals surface area (Å²) < 4.78 is 5.06. The fourth-order valence-electron chi connectivity index (χ4n) is 1.90. The molecule has 6 heteroatoms. The fraction of sp³-hybridized carbons (Fsp3) is 0.0625. The summed E-state index contributed by atoms with van der Waals surface area (Å²) in [5, 5.41) is 10.9. The highest BCUT2D eigenvalue weighted by Crippen LogP contribution is 2.30. The number of nitrogens with zero attached hydrogens (tertiary/aromatic N) is 1. The number of carbonyl (C=O) groups is 1. The lowest BCUT2D eigenvalue weighted by Gasteiger charge is -2.07. The molecule has 2 aromatic rings. The van der Waals surface area contributed by atoms with Gasteiger partial charge >= 0.3 is 0 Å². The number of nitro benzene ring substituents is 1. The van der Waals surface area contributed by atoms with Crippen molar-refractivity contribution in [3.63, 3.8) is 0 Å². The lowest BCUT2D eigenvalue weighted by atomic mass is 10.0. The van der Waals surface area contributed by atoms with Crippen molar-refractivity contribution in [2.75, 3.05) is 7.11 Å². The number of hydrogen-bond acceptors (Lipinski definition) is 4. The zero-order chi connectivity index (χ0) is 16.1. The van der Waals surface area contributed by atoms with Crippen LogP contribution >= 0.6 is 11.6 Å². The van der Waals surface area contributed by atoms with E-state index in [1.165, 1.54) is 24.3 Å². The molecule has 0 aliphatic carbocycles. The Morgan fingerprint density at radius 2 is 1.64 bits per heavy atom. The number of ether oxygens (including phenoxy) is 1. The van der Waals surface area contributed by atoms with Gasteiger partial charge in [0.2, 0.25) is 0 Å². The topological polar surface area (TPSA) is 69.4 Å². The van der Waals surface area contributed by atoms with E-state index in [4.69, 9.17) is 16.3 Å². The average molecular weight is 318 g/mol. The maximum Gasteiger partial charge on any atom is 0.269 e. The molecule has 5 nitrogen and oxygen atoms in total. The Morgan fingerprint density at radius 1 is 1.09 bits per heavy atom. The molecule has 0 bridgehead atoms. The van der Waals surface area contributed by atoms with Gasteiger partial charge in [0.05, 0.1) is 17.1 Å². The van der Waals surface area contributed by atoms with Crippen molar-refractivity contribution in [3.05, 3.63) is 69.8 Å². The molecule has 0 aromatic heterocycles. The predicted octanol–water partition coefficient (Wildman–Crippen LogP) is 3.91. The molecule has 2 rings (SSSR count). The first-order chi connectivity index (χ1) is 10.6. The van der Waals surface area contributed by atoms with E-state index < -0.39 is 4.92 Å². The van der Waals surface area contributed by atoms with Gasteiger partial charge in [0, 0.05) is 17.7 Å². The zero-order valence-electron chi connectivity index (χ0n) is 11.7. The Hall–Kier alpha value is -2.66. The number of allylic oxidation sites excluding steroid dienone is 1. The highest BCUT2D eigenvalue weighted by Gasteiger charge is 2.11. The molecule has 0 N–H and O–H groups in total. The van der Waals surface area contributed by atoms with Gasteiger partial charge in [-0.25, -0.2) is 0 Å². The van der Waals surface area contributed by atoms with Crippen molar-refractivity contribution in [3.8, 4) is 5.75 Å². The monoisotopic (exact) mass is 317 g/mol. The molecule has 0 unspecified atom stereocenters. The van der Waals surface area contributed by atoms with Crippen molar-refractivity contribution in [1.82, 2.24) is 0 Å². The van der Waals surface area contributed by atoms with E-state index >= 15 is 0 Å². The summed E-state index contributed by atoms with van der Waals surface area (Å²) in [5.74, 6) is 0.677. The van der Waals surface area contributed by atoms with E-state index in [-0.39, 0.29) is 16.3 Å². The van der Waals surface area contributed by atoms with Gasteiger partial charge in [0.25, 0.3) is 5.69 Å². The van der Waals surface area contributed by atoms with Crippen LogP contribution < -0.4 is 4.74 Å². The minimum atomic E-state index is -0.501. The highest BCUT2D eigenvalue weighted by atomic mass is 35.5. The SMILES string of the molecule is COc1ccc(C(Cl)=C(C=O)c2ccc([N+](=O)[O-])cc2)cc1. The smallest absolute Gasteiger partial charge is 0.269 e. The highest BCUT2D eigenvalue weighted by molar-refractivity contribution is 6.55. The number of hydrogen-bond donors (Lipinski definition) is 0. The van der Waals surface area contributed by atoms with Crippen molar-refractivity contribution >= 4 is 34.2 Å². The fourth-order valence-corrected chi connectivity index (χ4v) is 2.18. The number of rotatable bonds is 5. The minimum Gasteiger partial charge on any atom is -0.497 e. The summed E-state index contributed by atoms with van der Waals surface area (Å²) in [6.07, 6.45) is 0.633. The van der Waals surface area contributed by atoms with Crippen LogP contribution in [0.1, 0.15) is 11.1 Å². The van der Waals surface area contributed by atoms with Crippen LogP contribution in [-0.4, -0.2) is 18.3 Å². The summed E-state index contributed by atoms with van der Waals surface area (Å²) in [6, 6.07) is 12.6. The molecular formula is C16H12ClNO4. The standard InChI is InChI=1S/C16H12ClNO4/c1-22-14-8-4-12(5-9-14)16(17)15(10-19)11-2-6-13(7-3-11)18(20)21/h2-10H,1H3. The number of carbonyl (C=O) groups excluding carboxylic acids is 1. The van der Waals surface area contributed by atoms with E-state index in [1.54, 1.807) is 31.4 Å². The molecular weight excluding hydrogens is 306 g/mol. The second-order valence-corrected chi connectivity index (χ2v) is 4.76. The lowest BCUT2D eigenvalue weighted by Crippen LogP contribution is -1.92. The summed E-state index contributed by atoms with van der Waals surface area (Å²) >= 11 is 6.28. The Balaban J connectivity index is 2.43. The first-order valence-electron chi connectivity index (χ1n) is 6.31. The number of benzene rings is 2. The molecule has 0 radical (unpaired) electrons. The van der Waals surface area contributed by atoms with E-state index in [0.717, 1.165) is 0 Å². The van der Waals surface area contributed by atoms with E-state index in [1.807, 2.05) is 0 Å². The van der Waals surface area contributed by atoms with Gasteiger partial charge in [-0.15, -0.1) is 0 Å². The maximum absolute atomic E-state index is 11.4. The number of methoxy groups -OCH3 is 1. The Morgan fingerprint density at radius 3 is 2.09 bits per heavy atom. The van der Waals surface area contributed by atoms with Crippen molar-refractivity contribution in [2.24, 2.45) is 0 Å². The van der Waals surface area contributed by atoms with Crippen LogP contribution in [0.15, 0.2) is 48.5 Å². The summed E-state index contributed by atoms with van der Waals surface area (Å²) in [5.41, 5.74) is 1.39. The molecule has 22 heavy (non-hydrogen) atoms. The number of halogens is 1. The van der Waals surface area contributed by atoms with Gasteiger partial charge in [0.15, 0.2) is 6.29 Å². The zero-order valence-corrected chi connectivity index (χ0v) is 12.4. The van der Waals surface area contributed by atoms with Crippen LogP contribution in [0.2, 0.25) is 0 Å². The van der Waals surface area contributed by atoms with Gasteiger partial charge < -0.3 is 4.74 Å². The summed E-state index contributed by atoms with van der Waals surface area (Å²) in [7, 11) is 1.56. The number of nitro groups is 1. The van der Waals surface area contributed by atoms with E-state index in [2.05, 4.69) is 0 Å². The third-order valence-electron chi connectivity index (χ3n) is 3.09. The third kappa shape index (κ3) is 3.32. The molecule has 112 valence electrons. The van der Waals surface area contributed by atoms with Gasteiger partial charge in [-0.3, -0.25) is 14.9 Å². The lowest BCUT2D eigenvalue weighted by molar-refractivity contribution is -0.384. The van der Waals surface area contributed by atoms with Crippen LogP contribution in [0.5, 0.6) is 5.75 Å². The normalized spacial score (nSPS) is 11.5. The van der Waals surface area contributed by atoms with Crippen LogP contribution in [0, 0.1) is 10.1 Å². The third-order valence-corrected chi connectivity index (χ3v) is 3.51. The molecule has 0 amide bonds. The first kappa shape index (κ1) is 15.7.